The maximum atomic E-state index is 12.7. The van der Waals surface area contributed by atoms with Gasteiger partial charge in [0.05, 0.1) is 5.56 Å². The maximum absolute atomic E-state index is 12.7. The Kier molecular flexibility index (Phi) is 4.22. The molecular formula is C14H17F3N2S. The van der Waals surface area contributed by atoms with Crippen molar-refractivity contribution in [1.29, 1.82) is 0 Å². The predicted octanol–water partition coefficient (Wildman–Crippen LogP) is 3.58. The van der Waals surface area contributed by atoms with E-state index in [-0.39, 0.29) is 10.6 Å². The molecular weight excluding hydrogens is 285 g/mol. The van der Waals surface area contributed by atoms with Crippen LogP contribution in [0.3, 0.4) is 0 Å². The Hall–Kier alpha value is -1.30. The molecule has 0 heterocycles. The van der Waals surface area contributed by atoms with Crippen molar-refractivity contribution in [2.24, 2.45) is 11.7 Å². The third-order valence-electron chi connectivity index (χ3n) is 3.76. The van der Waals surface area contributed by atoms with Gasteiger partial charge in [-0.25, -0.2) is 0 Å². The van der Waals surface area contributed by atoms with E-state index in [4.69, 9.17) is 18.0 Å². The monoisotopic (exact) mass is 302 g/mol. The van der Waals surface area contributed by atoms with E-state index >= 15 is 0 Å². The van der Waals surface area contributed by atoms with Gasteiger partial charge in [0, 0.05) is 24.8 Å². The molecule has 1 aliphatic rings. The lowest BCUT2D eigenvalue weighted by Gasteiger charge is -2.32. The lowest BCUT2D eigenvalue weighted by Crippen LogP contribution is -2.31. The van der Waals surface area contributed by atoms with Gasteiger partial charge in [-0.3, -0.25) is 0 Å². The number of halogens is 3. The molecule has 1 aliphatic carbocycles. The minimum absolute atomic E-state index is 0.00782. The number of anilines is 1. The first kappa shape index (κ1) is 15.1. The molecule has 1 aromatic rings. The Bertz CT molecular complexity index is 510. The molecule has 6 heteroatoms. The SMILES string of the molecule is CN(CC1CCC1)c1ccc(C(F)(F)F)cc1C(N)=S. The molecule has 0 aromatic heterocycles. The zero-order chi connectivity index (χ0) is 14.9. The first-order chi connectivity index (χ1) is 9.29. The quantitative estimate of drug-likeness (QED) is 0.862. The smallest absolute Gasteiger partial charge is 0.389 e. The van der Waals surface area contributed by atoms with E-state index in [1.807, 2.05) is 11.9 Å². The van der Waals surface area contributed by atoms with Gasteiger partial charge in [-0.05, 0) is 37.0 Å². The molecule has 0 atom stereocenters. The second-order valence-electron chi connectivity index (χ2n) is 5.27. The van der Waals surface area contributed by atoms with Gasteiger partial charge in [0.2, 0.25) is 0 Å². The topological polar surface area (TPSA) is 29.3 Å². The summed E-state index contributed by atoms with van der Waals surface area (Å²) < 4.78 is 38.2. The molecule has 0 spiro atoms. The molecule has 1 saturated carbocycles. The van der Waals surface area contributed by atoms with E-state index < -0.39 is 11.7 Å². The van der Waals surface area contributed by atoms with Crippen molar-refractivity contribution in [3.8, 4) is 0 Å². The van der Waals surface area contributed by atoms with Crippen LogP contribution in [0.2, 0.25) is 0 Å². The van der Waals surface area contributed by atoms with Crippen LogP contribution in [0.4, 0.5) is 18.9 Å². The molecule has 20 heavy (non-hydrogen) atoms. The fourth-order valence-corrected chi connectivity index (χ4v) is 2.57. The molecule has 0 bridgehead atoms. The summed E-state index contributed by atoms with van der Waals surface area (Å²) in [5, 5.41) is 0. The minimum atomic E-state index is -4.38. The summed E-state index contributed by atoms with van der Waals surface area (Å²) in [6.45, 7) is 0.820. The normalized spacial score (nSPS) is 15.8. The standard InChI is InChI=1S/C14H17F3N2S/c1-19(8-9-3-2-4-9)12-6-5-10(14(15,16)17)7-11(12)13(18)20/h5-7,9H,2-4,8H2,1H3,(H2,18,20). The number of benzene rings is 1. The van der Waals surface area contributed by atoms with Crippen LogP contribution < -0.4 is 10.6 Å². The molecule has 110 valence electrons. The Balaban J connectivity index is 2.29. The lowest BCUT2D eigenvalue weighted by atomic mass is 9.85. The molecule has 1 fully saturated rings. The maximum Gasteiger partial charge on any atom is 0.416 e. The van der Waals surface area contributed by atoms with Crippen LogP contribution in [0.15, 0.2) is 18.2 Å². The third kappa shape index (κ3) is 3.23. The molecule has 2 nitrogen and oxygen atoms in total. The highest BCUT2D eigenvalue weighted by Gasteiger charge is 2.31. The molecule has 2 rings (SSSR count). The highest BCUT2D eigenvalue weighted by atomic mass is 32.1. The fourth-order valence-electron chi connectivity index (χ4n) is 2.40. The van der Waals surface area contributed by atoms with Crippen LogP contribution in [0.1, 0.15) is 30.4 Å². The van der Waals surface area contributed by atoms with Gasteiger partial charge in [0.15, 0.2) is 0 Å². The van der Waals surface area contributed by atoms with Crippen molar-refractivity contribution in [1.82, 2.24) is 0 Å². The van der Waals surface area contributed by atoms with E-state index in [0.29, 0.717) is 11.6 Å². The van der Waals surface area contributed by atoms with Crippen molar-refractivity contribution in [2.45, 2.75) is 25.4 Å². The predicted molar refractivity (Wildman–Crippen MR) is 77.9 cm³/mol. The number of alkyl halides is 3. The van der Waals surface area contributed by atoms with Gasteiger partial charge in [-0.15, -0.1) is 0 Å². The summed E-state index contributed by atoms with van der Waals surface area (Å²) in [7, 11) is 1.86. The van der Waals surface area contributed by atoms with Crippen LogP contribution >= 0.6 is 12.2 Å². The molecule has 1 aromatic carbocycles. The zero-order valence-corrected chi connectivity index (χ0v) is 12.0. The number of nitrogens with two attached hydrogens (primary N) is 1. The van der Waals surface area contributed by atoms with Crippen LogP contribution in [0, 0.1) is 5.92 Å². The highest BCUT2D eigenvalue weighted by Crippen LogP contribution is 2.34. The summed E-state index contributed by atoms with van der Waals surface area (Å²) in [6, 6.07) is 3.57. The van der Waals surface area contributed by atoms with Gasteiger partial charge in [-0.1, -0.05) is 18.6 Å². The average molecular weight is 302 g/mol. The Labute approximate surface area is 121 Å². The summed E-state index contributed by atoms with van der Waals surface area (Å²) >= 11 is 4.89. The first-order valence-corrected chi connectivity index (χ1v) is 6.92. The molecule has 0 amide bonds. The summed E-state index contributed by atoms with van der Waals surface area (Å²) in [5.74, 6) is 0.612. The Morgan fingerprint density at radius 3 is 2.50 bits per heavy atom. The van der Waals surface area contributed by atoms with E-state index in [2.05, 4.69) is 0 Å². The van der Waals surface area contributed by atoms with Crippen molar-refractivity contribution in [2.75, 3.05) is 18.5 Å². The average Bonchev–Trinajstić information content (AvgIpc) is 2.31. The minimum Gasteiger partial charge on any atom is -0.389 e. The number of hydrogen-bond acceptors (Lipinski definition) is 2. The first-order valence-electron chi connectivity index (χ1n) is 6.51. The van der Waals surface area contributed by atoms with E-state index in [1.165, 1.54) is 25.3 Å². The molecule has 0 unspecified atom stereocenters. The van der Waals surface area contributed by atoms with E-state index in [1.54, 1.807) is 0 Å². The van der Waals surface area contributed by atoms with Crippen LogP contribution in [0.5, 0.6) is 0 Å². The summed E-state index contributed by atoms with van der Waals surface area (Å²) in [4.78, 5) is 1.94. The van der Waals surface area contributed by atoms with Crippen LogP contribution in [-0.4, -0.2) is 18.6 Å². The molecule has 0 radical (unpaired) electrons. The molecule has 0 aliphatic heterocycles. The largest absolute Gasteiger partial charge is 0.416 e. The summed E-state index contributed by atoms with van der Waals surface area (Å²) in [6.07, 6.45) is -0.807. The van der Waals surface area contributed by atoms with Gasteiger partial charge in [-0.2, -0.15) is 13.2 Å². The van der Waals surface area contributed by atoms with Crippen molar-refractivity contribution >= 4 is 22.9 Å². The second-order valence-corrected chi connectivity index (χ2v) is 5.71. The number of hydrogen-bond donors (Lipinski definition) is 1. The number of nitrogens with zero attached hydrogens (tertiary/aromatic N) is 1. The Morgan fingerprint density at radius 1 is 1.40 bits per heavy atom. The number of rotatable bonds is 4. The lowest BCUT2D eigenvalue weighted by molar-refractivity contribution is -0.137. The van der Waals surface area contributed by atoms with Gasteiger partial charge in [0.25, 0.3) is 0 Å². The molecule has 2 N–H and O–H groups in total. The van der Waals surface area contributed by atoms with Gasteiger partial charge < -0.3 is 10.6 Å². The summed E-state index contributed by atoms with van der Waals surface area (Å²) in [5.41, 5.74) is 5.81. The van der Waals surface area contributed by atoms with E-state index in [9.17, 15) is 13.2 Å². The highest BCUT2D eigenvalue weighted by molar-refractivity contribution is 7.80. The van der Waals surface area contributed by atoms with Crippen molar-refractivity contribution < 1.29 is 13.2 Å². The van der Waals surface area contributed by atoms with Crippen molar-refractivity contribution in [3.05, 3.63) is 29.3 Å². The number of thiocarbonyl (C=S) groups is 1. The third-order valence-corrected chi connectivity index (χ3v) is 3.98. The fraction of sp³-hybridized carbons (Fsp3) is 0.500. The van der Waals surface area contributed by atoms with Crippen LogP contribution in [0.25, 0.3) is 0 Å². The van der Waals surface area contributed by atoms with Crippen molar-refractivity contribution in [3.63, 3.8) is 0 Å². The Morgan fingerprint density at radius 2 is 2.05 bits per heavy atom. The molecule has 0 saturated heterocycles. The van der Waals surface area contributed by atoms with Crippen LogP contribution in [-0.2, 0) is 6.18 Å². The van der Waals surface area contributed by atoms with Gasteiger partial charge >= 0.3 is 6.18 Å². The second kappa shape index (κ2) is 5.60. The zero-order valence-electron chi connectivity index (χ0n) is 11.2. The van der Waals surface area contributed by atoms with Gasteiger partial charge in [0.1, 0.15) is 4.99 Å². The van der Waals surface area contributed by atoms with E-state index in [0.717, 1.165) is 18.7 Å².